The molecule has 0 N–H and O–H groups in total. The summed E-state index contributed by atoms with van der Waals surface area (Å²) in [5.74, 6) is 6.36. The highest BCUT2D eigenvalue weighted by Crippen LogP contribution is 2.63. The largest absolute Gasteiger partial charge is 0.466 e. The molecule has 0 radical (unpaired) electrons. The zero-order valence-electron chi connectivity index (χ0n) is 75.5. The molecule has 0 aliphatic rings. The molecule has 0 saturated heterocycles. The normalized spacial score (nSPS) is 11.7. The minimum absolute atomic E-state index is 0.0116. The lowest BCUT2D eigenvalue weighted by atomic mass is 9.78. The van der Waals surface area contributed by atoms with Gasteiger partial charge < -0.3 is 28.0 Å². The van der Waals surface area contributed by atoms with E-state index in [1.807, 2.05) is 45.5 Å². The molecule has 0 saturated carbocycles. The van der Waals surface area contributed by atoms with Crippen molar-refractivity contribution in [3.05, 3.63) is 59.7 Å². The minimum Gasteiger partial charge on any atom is -0.466 e. The lowest BCUT2D eigenvalue weighted by Gasteiger charge is -2.27. The Balaban J connectivity index is 1.91. The first kappa shape index (κ1) is 109. The van der Waals surface area contributed by atoms with Crippen LogP contribution in [0.4, 0.5) is 0 Å². The van der Waals surface area contributed by atoms with Crippen molar-refractivity contribution < 1.29 is 47.2 Å². The average Bonchev–Trinajstić information content (AvgIpc) is 0.802. The van der Waals surface area contributed by atoms with Gasteiger partial charge in [0.25, 0.3) is 0 Å². The molecule has 0 atom stereocenters. The van der Waals surface area contributed by atoms with Gasteiger partial charge in [-0.15, -0.1) is 0 Å². The van der Waals surface area contributed by atoms with Crippen molar-refractivity contribution in [3.63, 3.8) is 0 Å². The summed E-state index contributed by atoms with van der Waals surface area (Å²) in [5, 5.41) is 0. The highest BCUT2D eigenvalue weighted by atomic mass is 33.1. The zero-order valence-corrected chi connectivity index (χ0v) is 80.5. The van der Waals surface area contributed by atoms with E-state index in [4.69, 9.17) is 28.0 Å². The van der Waals surface area contributed by atoms with Crippen LogP contribution in [0.15, 0.2) is 48.5 Å². The number of unbranched alkanes of at least 4 members (excludes halogenated alkanes) is 56. The molecular formula is C99H178O10P2S4. The van der Waals surface area contributed by atoms with E-state index in [1.165, 1.54) is 345 Å². The third-order valence-corrected chi connectivity index (χ3v) is 35.3. The van der Waals surface area contributed by atoms with Gasteiger partial charge in [-0.05, 0) is 112 Å². The summed E-state index contributed by atoms with van der Waals surface area (Å²) in [6.45, 7) is 14.6. The summed E-state index contributed by atoms with van der Waals surface area (Å²) < 4.78 is 36.0. The monoisotopic (exact) mass is 1720 g/mol. The molecule has 0 unspecified atom stereocenters. The Morgan fingerprint density at radius 1 is 0.235 bits per heavy atom. The van der Waals surface area contributed by atoms with Crippen LogP contribution in [0.2, 0.25) is 0 Å². The van der Waals surface area contributed by atoms with E-state index in [9.17, 15) is 19.2 Å². The number of carbonyl (C=O) groups excluding carboxylic acids is 4. The summed E-state index contributed by atoms with van der Waals surface area (Å²) in [5.41, 5.74) is 2.33. The Morgan fingerprint density at radius 2 is 0.400 bits per heavy atom. The average molecular weight is 1720 g/mol. The number of hydrogen-bond acceptors (Lipinski definition) is 14. The molecule has 0 fully saturated rings. The van der Waals surface area contributed by atoms with E-state index in [0.717, 1.165) is 112 Å². The van der Waals surface area contributed by atoms with Crippen LogP contribution in [-0.4, -0.2) is 73.3 Å². The maximum absolute atomic E-state index is 12.3. The molecule has 0 bridgehead atoms. The second kappa shape index (κ2) is 84.4. The van der Waals surface area contributed by atoms with Crippen LogP contribution in [0, 0.1) is 0 Å². The number of esters is 4. The zero-order chi connectivity index (χ0) is 82.7. The van der Waals surface area contributed by atoms with Gasteiger partial charge in [0.15, 0.2) is 0 Å². The highest BCUT2D eigenvalue weighted by Gasteiger charge is 2.25. The van der Waals surface area contributed by atoms with Crippen molar-refractivity contribution in [3.8, 4) is 11.5 Å². The van der Waals surface area contributed by atoms with Crippen LogP contribution in [0.5, 0.6) is 11.5 Å². The number of hydrogen-bond donors (Lipinski definition) is 0. The fourth-order valence-corrected chi connectivity index (χ4v) is 27.0. The van der Waals surface area contributed by atoms with Crippen LogP contribution in [0.3, 0.4) is 0 Å². The van der Waals surface area contributed by atoms with Gasteiger partial charge in [-0.3, -0.25) is 19.2 Å². The van der Waals surface area contributed by atoms with Crippen LogP contribution in [0.25, 0.3) is 0 Å². The topological polar surface area (TPSA) is 124 Å². The minimum atomic E-state index is -0.743. The first-order chi connectivity index (χ1) is 56.5. The highest BCUT2D eigenvalue weighted by molar-refractivity contribution is 8.87. The van der Waals surface area contributed by atoms with E-state index in [-0.39, 0.29) is 29.3 Å². The molecule has 10 nitrogen and oxygen atoms in total. The predicted molar refractivity (Wildman–Crippen MR) is 510 cm³/mol. The van der Waals surface area contributed by atoms with Gasteiger partial charge in [0, 0.05) is 54.1 Å². The maximum Gasteiger partial charge on any atom is 0.305 e. The van der Waals surface area contributed by atoms with Gasteiger partial charge in [-0.25, -0.2) is 0 Å². The standard InChI is InChI=1S/C99H178O10P2S4/c1-7-11-15-19-23-39-51-63-83-104-95(100)71-59-47-35-27-31-43-55-67-87-112-110(113-88-68-56-44-32-28-36-48-60-72-96(101)105-84-64-52-40-24-20-16-12-8-2)108-93-79-75-91(76-80-93)99(5,6)92-77-81-94(82-78-92)109-111(114-89-69-57-45-33-29-37-49-61-73-97(102)106-85-65-53-41-25-21-17-13-9-3)115-90-70-58-46-34-30-38-50-62-74-98(103)107-86-66-54-42-26-22-18-14-10-4/h75-82H,7-74,83-90H2,1-6H3. The van der Waals surface area contributed by atoms with E-state index < -0.39 is 13.1 Å². The first-order valence-electron chi connectivity index (χ1n) is 48.8. The molecule has 0 spiro atoms. The molecule has 0 amide bonds. The van der Waals surface area contributed by atoms with Crippen LogP contribution >= 0.6 is 58.6 Å². The molecule has 668 valence electrons. The Kier molecular flexibility index (Phi) is 80.2. The van der Waals surface area contributed by atoms with Crippen molar-refractivity contribution >= 4 is 82.5 Å². The third-order valence-electron chi connectivity index (χ3n) is 22.4. The Bertz CT molecular complexity index is 2170. The van der Waals surface area contributed by atoms with Gasteiger partial charge in [-0.2, -0.15) is 0 Å². The second-order valence-corrected chi connectivity index (χ2v) is 46.1. The van der Waals surface area contributed by atoms with Crippen molar-refractivity contribution in [1.82, 2.24) is 0 Å². The van der Waals surface area contributed by atoms with Crippen molar-refractivity contribution in [2.45, 2.75) is 484 Å². The van der Waals surface area contributed by atoms with Gasteiger partial charge in [0.1, 0.15) is 11.5 Å². The van der Waals surface area contributed by atoms with Crippen molar-refractivity contribution in [1.29, 1.82) is 0 Å². The molecule has 0 heterocycles. The third kappa shape index (κ3) is 71.3. The lowest BCUT2D eigenvalue weighted by Crippen LogP contribution is -2.18. The molecular weight excluding hydrogens is 1540 g/mol. The summed E-state index contributed by atoms with van der Waals surface area (Å²) in [6, 6.07) is 18.0. The second-order valence-electron chi connectivity index (χ2n) is 33.7. The number of rotatable bonds is 90. The summed E-state index contributed by atoms with van der Waals surface area (Å²) in [6.07, 6.45) is 80.5. The molecule has 2 rings (SSSR count). The quantitative estimate of drug-likeness (QED) is 0.0270. The van der Waals surface area contributed by atoms with Crippen molar-refractivity contribution in [2.75, 3.05) is 49.4 Å². The SMILES string of the molecule is CCCCCCCCCCOC(=O)CCCCCCCCCCSP(Oc1ccc(C(C)(C)c2ccc(OP(SCCCCCCCCCCC(=O)OCCCCCCCCCC)SCCCCCCCCCCC(=O)OCCCCCCCCCC)cc2)cc1)SCCCCCCCCCCC(=O)OCCCCCCCCCC. The predicted octanol–water partition coefficient (Wildman–Crippen LogP) is 34.9. The summed E-state index contributed by atoms with van der Waals surface area (Å²) >= 11 is 8.14. The molecule has 0 aliphatic carbocycles. The number of ether oxygens (including phenoxy) is 4. The van der Waals surface area contributed by atoms with Crippen LogP contribution in [0.1, 0.15) is 489 Å². The maximum atomic E-state index is 12.3. The van der Waals surface area contributed by atoms with Crippen LogP contribution in [-0.2, 0) is 43.5 Å². The molecule has 2 aromatic rings. The molecule has 115 heavy (non-hydrogen) atoms. The van der Waals surface area contributed by atoms with Gasteiger partial charge in [0.2, 0.25) is 13.1 Å². The first-order valence-corrected chi connectivity index (χ1v) is 57.7. The van der Waals surface area contributed by atoms with Crippen molar-refractivity contribution in [2.24, 2.45) is 0 Å². The van der Waals surface area contributed by atoms with E-state index in [1.54, 1.807) is 0 Å². The van der Waals surface area contributed by atoms with Gasteiger partial charge in [-0.1, -0.05) is 445 Å². The fraction of sp³-hybridized carbons (Fsp3) is 0.838. The Labute approximate surface area is 728 Å². The van der Waals surface area contributed by atoms with E-state index >= 15 is 0 Å². The van der Waals surface area contributed by atoms with Gasteiger partial charge >= 0.3 is 23.9 Å². The fourth-order valence-electron chi connectivity index (χ4n) is 14.6. The lowest BCUT2D eigenvalue weighted by molar-refractivity contribution is -0.144. The summed E-state index contributed by atoms with van der Waals surface area (Å²) in [4.78, 5) is 49.2. The Hall–Kier alpha value is -1.82. The molecule has 0 aliphatic heterocycles. The molecule has 0 aromatic heterocycles. The smallest absolute Gasteiger partial charge is 0.305 e. The summed E-state index contributed by atoms with van der Waals surface area (Å²) in [7, 11) is 0. The van der Waals surface area contributed by atoms with E-state index in [0.29, 0.717) is 52.1 Å². The van der Waals surface area contributed by atoms with Gasteiger partial charge in [0.05, 0.1) is 26.4 Å². The Morgan fingerprint density at radius 3 is 0.591 bits per heavy atom. The number of benzene rings is 2. The molecule has 16 heteroatoms. The van der Waals surface area contributed by atoms with E-state index in [2.05, 4.69) is 90.1 Å². The molecule has 2 aromatic carbocycles. The number of carbonyl (C=O) groups is 4. The van der Waals surface area contributed by atoms with Crippen LogP contribution < -0.4 is 9.05 Å².